The first-order valence-corrected chi connectivity index (χ1v) is 10.7. The zero-order valence-electron chi connectivity index (χ0n) is 18.4. The maximum Gasteiger partial charge on any atom is 0.116 e. The Labute approximate surface area is 183 Å². The molecule has 0 amide bonds. The van der Waals surface area contributed by atoms with E-state index in [2.05, 4.69) is 64.1 Å². The fourth-order valence-corrected chi connectivity index (χ4v) is 5.41. The largest absolute Gasteiger partial charge is 0.508 e. The van der Waals surface area contributed by atoms with Gasteiger partial charge >= 0.3 is 0 Å². The van der Waals surface area contributed by atoms with Crippen molar-refractivity contribution >= 4 is 0 Å². The Morgan fingerprint density at radius 2 is 1.06 bits per heavy atom. The molecule has 0 heterocycles. The zero-order chi connectivity index (χ0) is 21.9. The maximum atomic E-state index is 10.2. The van der Waals surface area contributed by atoms with Crippen LogP contribution >= 0.6 is 0 Å². The van der Waals surface area contributed by atoms with E-state index in [0.717, 1.165) is 28.7 Å². The molecule has 0 fully saturated rings. The molecule has 0 saturated heterocycles. The smallest absolute Gasteiger partial charge is 0.116 e. The summed E-state index contributed by atoms with van der Waals surface area (Å²) in [5, 5.41) is 20.3. The molecule has 5 rings (SSSR count). The van der Waals surface area contributed by atoms with Crippen molar-refractivity contribution in [1.82, 2.24) is 0 Å². The van der Waals surface area contributed by atoms with E-state index >= 15 is 0 Å². The van der Waals surface area contributed by atoms with Crippen molar-refractivity contribution in [3.63, 3.8) is 0 Å². The molecule has 0 radical (unpaired) electrons. The minimum absolute atomic E-state index is 0.297. The molecule has 0 unspecified atom stereocenters. The Morgan fingerprint density at radius 1 is 0.548 bits per heavy atom. The van der Waals surface area contributed by atoms with Crippen LogP contribution in [0.2, 0.25) is 0 Å². The van der Waals surface area contributed by atoms with Crippen LogP contribution in [-0.4, -0.2) is 10.2 Å². The van der Waals surface area contributed by atoms with Crippen LogP contribution < -0.4 is 0 Å². The van der Waals surface area contributed by atoms with Crippen LogP contribution in [0.3, 0.4) is 0 Å². The fraction of sp³-hybridized carbons (Fsp3) is 0.172. The Kier molecular flexibility index (Phi) is 4.40. The number of hydrogen-bond acceptors (Lipinski definition) is 2. The molecule has 154 valence electrons. The maximum absolute atomic E-state index is 10.2. The van der Waals surface area contributed by atoms with Gasteiger partial charge in [0.1, 0.15) is 11.5 Å². The summed E-state index contributed by atoms with van der Waals surface area (Å²) in [5.41, 5.74) is 14.3. The van der Waals surface area contributed by atoms with E-state index in [1.807, 2.05) is 24.3 Å². The molecule has 31 heavy (non-hydrogen) atoms. The van der Waals surface area contributed by atoms with E-state index < -0.39 is 0 Å². The van der Waals surface area contributed by atoms with Gasteiger partial charge in [0.2, 0.25) is 0 Å². The standard InChI is InChI=1S/C29H26O2/c1-16-11-21(30)12-17(2)27(16)25-10-9-24-23-8-6-5-7-20(23)15-26(24)29(25)28-18(3)13-22(31)14-19(28)4/h5-14,30-31H,15H2,1-4H3. The summed E-state index contributed by atoms with van der Waals surface area (Å²) in [6.07, 6.45) is 0.893. The molecule has 2 heteroatoms. The van der Waals surface area contributed by atoms with Gasteiger partial charge in [-0.3, -0.25) is 0 Å². The van der Waals surface area contributed by atoms with E-state index in [4.69, 9.17) is 0 Å². The molecule has 0 atom stereocenters. The molecule has 1 aliphatic rings. The van der Waals surface area contributed by atoms with Crippen LogP contribution in [0, 0.1) is 27.7 Å². The number of hydrogen-bond donors (Lipinski definition) is 2. The van der Waals surface area contributed by atoms with Crippen LogP contribution in [0.5, 0.6) is 11.5 Å². The molecule has 2 nitrogen and oxygen atoms in total. The van der Waals surface area contributed by atoms with Crippen molar-refractivity contribution in [2.45, 2.75) is 34.1 Å². The average Bonchev–Trinajstić information content (AvgIpc) is 3.06. The van der Waals surface area contributed by atoms with Crippen molar-refractivity contribution < 1.29 is 10.2 Å². The van der Waals surface area contributed by atoms with E-state index in [1.165, 1.54) is 44.5 Å². The Morgan fingerprint density at radius 3 is 1.68 bits per heavy atom. The molecule has 0 bridgehead atoms. The first-order chi connectivity index (χ1) is 14.8. The van der Waals surface area contributed by atoms with Crippen LogP contribution in [0.1, 0.15) is 33.4 Å². The highest BCUT2D eigenvalue weighted by Crippen LogP contribution is 2.49. The molecule has 1 aliphatic carbocycles. The van der Waals surface area contributed by atoms with Gasteiger partial charge in [0.05, 0.1) is 0 Å². The van der Waals surface area contributed by atoms with Crippen LogP contribution in [-0.2, 0) is 6.42 Å². The molecule has 0 spiro atoms. The highest BCUT2D eigenvalue weighted by molar-refractivity contribution is 5.96. The van der Waals surface area contributed by atoms with Gasteiger partial charge in [-0.2, -0.15) is 0 Å². The first-order valence-electron chi connectivity index (χ1n) is 10.7. The van der Waals surface area contributed by atoms with E-state index in [9.17, 15) is 10.2 Å². The second-order valence-corrected chi connectivity index (χ2v) is 8.76. The molecular weight excluding hydrogens is 380 g/mol. The second-order valence-electron chi connectivity index (χ2n) is 8.76. The minimum atomic E-state index is 0.297. The van der Waals surface area contributed by atoms with Gasteiger partial charge in [-0.25, -0.2) is 0 Å². The molecule has 0 aliphatic heterocycles. The van der Waals surface area contributed by atoms with E-state index in [0.29, 0.717) is 11.5 Å². The number of aromatic hydroxyl groups is 2. The molecule has 4 aromatic carbocycles. The Balaban J connectivity index is 1.90. The lowest BCUT2D eigenvalue weighted by Gasteiger charge is -2.22. The lowest BCUT2D eigenvalue weighted by atomic mass is 9.82. The highest BCUT2D eigenvalue weighted by atomic mass is 16.3. The predicted molar refractivity (Wildman–Crippen MR) is 128 cm³/mol. The fourth-order valence-electron chi connectivity index (χ4n) is 5.41. The normalized spacial score (nSPS) is 12.0. The number of rotatable bonds is 2. The van der Waals surface area contributed by atoms with Crippen molar-refractivity contribution in [2.75, 3.05) is 0 Å². The third-order valence-electron chi connectivity index (χ3n) is 6.54. The minimum Gasteiger partial charge on any atom is -0.508 e. The van der Waals surface area contributed by atoms with Gasteiger partial charge in [-0.1, -0.05) is 36.4 Å². The summed E-state index contributed by atoms with van der Waals surface area (Å²) in [6.45, 7) is 8.27. The predicted octanol–water partition coefficient (Wildman–Crippen LogP) is 7.24. The Bertz CT molecular complexity index is 1320. The summed E-state index contributed by atoms with van der Waals surface area (Å²) in [5.74, 6) is 0.596. The molecule has 4 aromatic rings. The van der Waals surface area contributed by atoms with E-state index in [1.54, 1.807) is 0 Å². The van der Waals surface area contributed by atoms with Crippen molar-refractivity contribution in [1.29, 1.82) is 0 Å². The summed E-state index contributed by atoms with van der Waals surface area (Å²) < 4.78 is 0. The van der Waals surface area contributed by atoms with Crippen molar-refractivity contribution in [2.24, 2.45) is 0 Å². The lowest BCUT2D eigenvalue weighted by Crippen LogP contribution is -1.99. The zero-order valence-corrected chi connectivity index (χ0v) is 18.4. The Hall–Kier alpha value is -3.52. The lowest BCUT2D eigenvalue weighted by molar-refractivity contribution is 0.474. The third-order valence-corrected chi connectivity index (χ3v) is 6.54. The number of aryl methyl sites for hydroxylation is 4. The topological polar surface area (TPSA) is 40.5 Å². The van der Waals surface area contributed by atoms with Crippen molar-refractivity contribution in [3.8, 4) is 44.9 Å². The molecule has 2 N–H and O–H groups in total. The number of benzene rings is 4. The molecule has 0 aromatic heterocycles. The number of fused-ring (bicyclic) bond motifs is 3. The van der Waals surface area contributed by atoms with Crippen LogP contribution in [0.25, 0.3) is 33.4 Å². The van der Waals surface area contributed by atoms with Gasteiger partial charge in [0, 0.05) is 0 Å². The monoisotopic (exact) mass is 406 g/mol. The van der Waals surface area contributed by atoms with Crippen LogP contribution in [0.4, 0.5) is 0 Å². The van der Waals surface area contributed by atoms with Gasteiger partial charge in [0.25, 0.3) is 0 Å². The summed E-state index contributed by atoms with van der Waals surface area (Å²) >= 11 is 0. The molecular formula is C29H26O2. The van der Waals surface area contributed by atoms with Crippen LogP contribution in [0.15, 0.2) is 60.7 Å². The summed E-state index contributed by atoms with van der Waals surface area (Å²) in [4.78, 5) is 0. The van der Waals surface area contributed by atoms with Gasteiger partial charge in [-0.05, 0) is 125 Å². The third kappa shape index (κ3) is 3.02. The number of phenols is 2. The average molecular weight is 407 g/mol. The van der Waals surface area contributed by atoms with Gasteiger partial charge in [0.15, 0.2) is 0 Å². The van der Waals surface area contributed by atoms with Crippen molar-refractivity contribution in [3.05, 3.63) is 94.0 Å². The quantitative estimate of drug-likeness (QED) is 0.324. The second kappa shape index (κ2) is 7.02. The SMILES string of the molecule is Cc1cc(O)cc(C)c1-c1ccc2c(c1-c1c(C)cc(O)cc1C)Cc1ccccc1-2. The first kappa shape index (κ1) is 19.4. The van der Waals surface area contributed by atoms with Gasteiger partial charge < -0.3 is 10.2 Å². The van der Waals surface area contributed by atoms with E-state index in [-0.39, 0.29) is 0 Å². The number of phenolic OH excluding ortho intramolecular Hbond substituents is 2. The summed E-state index contributed by atoms with van der Waals surface area (Å²) in [7, 11) is 0. The molecule has 0 saturated carbocycles. The van der Waals surface area contributed by atoms with Gasteiger partial charge in [-0.15, -0.1) is 0 Å². The summed E-state index contributed by atoms with van der Waals surface area (Å²) in [6, 6.07) is 20.5. The highest BCUT2D eigenvalue weighted by Gasteiger charge is 2.26.